The number of alkyl halides is 3. The summed E-state index contributed by atoms with van der Waals surface area (Å²) in [5, 5.41) is 1.75. The standard InChI is InChI=1S/C11H11F3N2O2/c1-8(17)9-3-2-4-16(5-9)6-10(18)15-7-11(12,13)14/h2-5H,6-7H2,1H3/p+1. The Hall–Kier alpha value is -1.92. The molecule has 98 valence electrons. The molecule has 1 rings (SSSR count). The molecule has 0 spiro atoms. The first-order valence-electron chi connectivity index (χ1n) is 5.11. The van der Waals surface area contributed by atoms with Crippen LogP contribution in [0.15, 0.2) is 24.5 Å². The van der Waals surface area contributed by atoms with Gasteiger partial charge in [-0.2, -0.15) is 17.7 Å². The van der Waals surface area contributed by atoms with Gasteiger partial charge in [0.15, 0.2) is 18.2 Å². The highest BCUT2D eigenvalue weighted by atomic mass is 19.4. The van der Waals surface area contributed by atoms with Crippen LogP contribution in [0.2, 0.25) is 0 Å². The molecule has 0 unspecified atom stereocenters. The van der Waals surface area contributed by atoms with E-state index < -0.39 is 18.6 Å². The van der Waals surface area contributed by atoms with Gasteiger partial charge >= 0.3 is 6.18 Å². The summed E-state index contributed by atoms with van der Waals surface area (Å²) in [6.07, 6.45) is -1.52. The van der Waals surface area contributed by atoms with E-state index in [4.69, 9.17) is 0 Å². The van der Waals surface area contributed by atoms with Crippen LogP contribution in [0.5, 0.6) is 0 Å². The Kier molecular flexibility index (Phi) is 4.41. The number of rotatable bonds is 4. The summed E-state index contributed by atoms with van der Waals surface area (Å²) in [5.74, 6) is -0.946. The Morgan fingerprint density at radius 1 is 1.39 bits per heavy atom. The van der Waals surface area contributed by atoms with Gasteiger partial charge in [0.2, 0.25) is 6.54 Å². The third-order valence-electron chi connectivity index (χ3n) is 2.08. The highest BCUT2D eigenvalue weighted by Gasteiger charge is 2.28. The van der Waals surface area contributed by atoms with Gasteiger partial charge in [-0.1, -0.05) is 0 Å². The quantitative estimate of drug-likeness (QED) is 0.645. The van der Waals surface area contributed by atoms with Crippen molar-refractivity contribution < 1.29 is 27.3 Å². The summed E-state index contributed by atoms with van der Waals surface area (Å²) in [6, 6.07) is 3.11. The number of hydrogen-bond donors (Lipinski definition) is 1. The van der Waals surface area contributed by atoms with Crippen molar-refractivity contribution in [3.8, 4) is 0 Å². The van der Waals surface area contributed by atoms with Crippen molar-refractivity contribution in [1.82, 2.24) is 5.32 Å². The van der Waals surface area contributed by atoms with Crippen LogP contribution < -0.4 is 9.88 Å². The first-order chi connectivity index (χ1) is 8.28. The fraction of sp³-hybridized carbons (Fsp3) is 0.364. The normalized spacial score (nSPS) is 11.1. The second-order valence-electron chi connectivity index (χ2n) is 3.71. The maximum Gasteiger partial charge on any atom is 0.405 e. The van der Waals surface area contributed by atoms with Crippen molar-refractivity contribution in [2.75, 3.05) is 6.54 Å². The topological polar surface area (TPSA) is 50.0 Å². The molecule has 0 fully saturated rings. The lowest BCUT2D eigenvalue weighted by molar-refractivity contribution is -0.684. The SMILES string of the molecule is CC(=O)c1ccc[n+](CC(=O)NCC(F)(F)F)c1. The predicted molar refractivity (Wildman–Crippen MR) is 55.7 cm³/mol. The van der Waals surface area contributed by atoms with E-state index in [2.05, 4.69) is 0 Å². The highest BCUT2D eigenvalue weighted by molar-refractivity contribution is 5.93. The van der Waals surface area contributed by atoms with Gasteiger partial charge in [-0.05, 0) is 13.0 Å². The molecule has 0 radical (unpaired) electrons. The number of halogens is 3. The molecule has 1 N–H and O–H groups in total. The minimum absolute atomic E-state index is 0.181. The van der Waals surface area contributed by atoms with Gasteiger partial charge in [0.1, 0.15) is 6.54 Å². The van der Waals surface area contributed by atoms with Gasteiger partial charge in [0, 0.05) is 6.07 Å². The smallest absolute Gasteiger partial charge is 0.341 e. The average Bonchev–Trinajstić information content (AvgIpc) is 2.26. The molecule has 0 atom stereocenters. The Bertz CT molecular complexity index is 458. The van der Waals surface area contributed by atoms with Crippen LogP contribution in [0.1, 0.15) is 17.3 Å². The Labute approximate surface area is 101 Å². The van der Waals surface area contributed by atoms with E-state index >= 15 is 0 Å². The van der Waals surface area contributed by atoms with Gasteiger partial charge in [-0.25, -0.2) is 0 Å². The summed E-state index contributed by atoms with van der Waals surface area (Å²) in [4.78, 5) is 22.3. The van der Waals surface area contributed by atoms with E-state index in [0.717, 1.165) is 0 Å². The molecule has 0 aliphatic rings. The Morgan fingerprint density at radius 2 is 2.06 bits per heavy atom. The zero-order valence-electron chi connectivity index (χ0n) is 9.62. The summed E-state index contributed by atoms with van der Waals surface area (Å²) in [7, 11) is 0. The van der Waals surface area contributed by atoms with Gasteiger partial charge in [-0.15, -0.1) is 0 Å². The first-order valence-corrected chi connectivity index (χ1v) is 5.11. The van der Waals surface area contributed by atoms with Gasteiger partial charge in [-0.3, -0.25) is 9.59 Å². The van der Waals surface area contributed by atoms with Crippen molar-refractivity contribution in [1.29, 1.82) is 0 Å². The minimum Gasteiger partial charge on any atom is -0.341 e. The van der Waals surface area contributed by atoms with Crippen molar-refractivity contribution >= 4 is 11.7 Å². The third-order valence-corrected chi connectivity index (χ3v) is 2.08. The van der Waals surface area contributed by atoms with Gasteiger partial charge in [0.25, 0.3) is 5.91 Å². The molecule has 0 bridgehead atoms. The zero-order valence-corrected chi connectivity index (χ0v) is 9.62. The summed E-state index contributed by atoms with van der Waals surface area (Å²) < 4.78 is 36.9. The van der Waals surface area contributed by atoms with Crippen LogP contribution in [0.3, 0.4) is 0 Å². The number of amides is 1. The Morgan fingerprint density at radius 3 is 2.61 bits per heavy atom. The molecule has 1 aromatic rings. The minimum atomic E-state index is -4.43. The lowest BCUT2D eigenvalue weighted by Crippen LogP contribution is -2.45. The summed E-state index contributed by atoms with van der Waals surface area (Å²) >= 11 is 0. The largest absolute Gasteiger partial charge is 0.405 e. The second-order valence-corrected chi connectivity index (χ2v) is 3.71. The zero-order chi connectivity index (χ0) is 13.8. The molecule has 4 nitrogen and oxygen atoms in total. The molecule has 0 aliphatic carbocycles. The van der Waals surface area contributed by atoms with Crippen LogP contribution in [0, 0.1) is 0 Å². The van der Waals surface area contributed by atoms with E-state index in [-0.39, 0.29) is 12.3 Å². The molecule has 1 amide bonds. The molecule has 1 aromatic heterocycles. The molecular formula is C11H12F3N2O2+. The monoisotopic (exact) mass is 261 g/mol. The van der Waals surface area contributed by atoms with Gasteiger partial charge in [0.05, 0.1) is 5.56 Å². The summed E-state index contributed by atoms with van der Waals surface area (Å²) in [6.45, 7) is -0.264. The molecule has 18 heavy (non-hydrogen) atoms. The number of carbonyl (C=O) groups excluding carboxylic acids is 2. The maximum atomic E-state index is 11.9. The van der Waals surface area contributed by atoms with E-state index in [1.54, 1.807) is 17.4 Å². The number of pyridine rings is 1. The van der Waals surface area contributed by atoms with Crippen molar-refractivity contribution in [3.63, 3.8) is 0 Å². The number of ketones is 1. The fourth-order valence-corrected chi connectivity index (χ4v) is 1.25. The number of nitrogens with zero attached hydrogens (tertiary/aromatic N) is 1. The van der Waals surface area contributed by atoms with Crippen LogP contribution in [-0.2, 0) is 11.3 Å². The molecule has 1 heterocycles. The van der Waals surface area contributed by atoms with Crippen LogP contribution in [0.25, 0.3) is 0 Å². The first kappa shape index (κ1) is 14.1. The van der Waals surface area contributed by atoms with Crippen molar-refractivity contribution in [3.05, 3.63) is 30.1 Å². The number of Topliss-reactive ketones (excluding diaryl/α,β-unsaturated/α-hetero) is 1. The lowest BCUT2D eigenvalue weighted by atomic mass is 10.2. The molecule has 0 aliphatic heterocycles. The number of carbonyl (C=O) groups is 2. The van der Waals surface area contributed by atoms with Crippen molar-refractivity contribution in [2.45, 2.75) is 19.6 Å². The fourth-order valence-electron chi connectivity index (χ4n) is 1.25. The summed E-state index contributed by atoms with van der Waals surface area (Å²) in [5.41, 5.74) is 0.390. The van der Waals surface area contributed by atoms with Gasteiger partial charge < -0.3 is 5.32 Å². The molecule has 0 saturated carbocycles. The predicted octanol–water partition coefficient (Wildman–Crippen LogP) is 0.855. The number of hydrogen-bond acceptors (Lipinski definition) is 2. The number of nitrogens with one attached hydrogen (secondary N) is 1. The third kappa shape index (κ3) is 4.94. The van der Waals surface area contributed by atoms with E-state index in [0.29, 0.717) is 5.56 Å². The van der Waals surface area contributed by atoms with Crippen LogP contribution >= 0.6 is 0 Å². The number of aromatic nitrogens is 1. The van der Waals surface area contributed by atoms with E-state index in [1.807, 2.05) is 0 Å². The molecule has 0 aromatic carbocycles. The Balaban J connectivity index is 2.59. The van der Waals surface area contributed by atoms with Crippen LogP contribution in [-0.4, -0.2) is 24.4 Å². The van der Waals surface area contributed by atoms with Crippen molar-refractivity contribution in [2.24, 2.45) is 0 Å². The molecular weight excluding hydrogens is 249 g/mol. The van der Waals surface area contributed by atoms with E-state index in [9.17, 15) is 22.8 Å². The lowest BCUT2D eigenvalue weighted by Gasteiger charge is -2.06. The van der Waals surface area contributed by atoms with Crippen LogP contribution in [0.4, 0.5) is 13.2 Å². The maximum absolute atomic E-state index is 11.9. The second kappa shape index (κ2) is 5.61. The molecule has 7 heteroatoms. The highest BCUT2D eigenvalue weighted by Crippen LogP contribution is 2.11. The molecule has 0 saturated heterocycles. The van der Waals surface area contributed by atoms with E-state index in [1.165, 1.54) is 23.9 Å². The average molecular weight is 261 g/mol.